The molecule has 45 heavy (non-hydrogen) atoms. The molecule has 0 fully saturated rings. The second-order valence-electron chi connectivity index (χ2n) is 11.3. The zero-order valence-corrected chi connectivity index (χ0v) is 24.2. The van der Waals surface area contributed by atoms with E-state index in [4.69, 9.17) is 11.3 Å². The third-order valence-electron chi connectivity index (χ3n) is 8.76. The number of furan rings is 1. The van der Waals surface area contributed by atoms with Gasteiger partial charge in [0.1, 0.15) is 11.2 Å². The van der Waals surface area contributed by atoms with Gasteiger partial charge >= 0.3 is 0 Å². The van der Waals surface area contributed by atoms with Crippen LogP contribution in [0, 0.1) is 0 Å². The molecule has 9 rings (SSSR count). The molecule has 1 heterocycles. The van der Waals surface area contributed by atoms with Crippen molar-refractivity contribution in [3.05, 3.63) is 170 Å². The van der Waals surface area contributed by atoms with Gasteiger partial charge in [-0.1, -0.05) is 145 Å². The number of hydrogen-bond donors (Lipinski definition) is 0. The van der Waals surface area contributed by atoms with Crippen LogP contribution in [0.5, 0.6) is 0 Å². The van der Waals surface area contributed by atoms with E-state index in [0.717, 1.165) is 76.9 Å². The van der Waals surface area contributed by atoms with Crippen LogP contribution in [0.4, 0.5) is 0 Å². The SMILES string of the molecule is [2H]c1c([2H])c([2H])c(-c2ccc(-c3c4ccccc4c(-c4ccc5oc6cc(-c7ccccc7)ccc6c5c4)c4ccccc34)cc2)c([2H])c1[2H]. The predicted molar refractivity (Wildman–Crippen MR) is 190 cm³/mol. The summed E-state index contributed by atoms with van der Waals surface area (Å²) in [6.07, 6.45) is 0. The highest BCUT2D eigenvalue weighted by atomic mass is 16.3. The first kappa shape index (κ1) is 20.9. The molecule has 0 atom stereocenters. The Morgan fingerprint density at radius 3 is 1.53 bits per heavy atom. The molecule has 0 aliphatic heterocycles. The molecular formula is C44H28O. The summed E-state index contributed by atoms with van der Waals surface area (Å²) in [7, 11) is 0. The van der Waals surface area contributed by atoms with E-state index in [0.29, 0.717) is 5.56 Å². The lowest BCUT2D eigenvalue weighted by Gasteiger charge is -2.18. The normalized spacial score (nSPS) is 13.1. The van der Waals surface area contributed by atoms with Gasteiger partial charge in [-0.15, -0.1) is 0 Å². The number of rotatable bonds is 4. The molecular weight excluding hydrogens is 544 g/mol. The van der Waals surface area contributed by atoms with Gasteiger partial charge in [-0.05, 0) is 90.3 Å². The van der Waals surface area contributed by atoms with Gasteiger partial charge in [-0.25, -0.2) is 0 Å². The Labute approximate surface area is 268 Å². The standard InChI is InChI=1S/C44H28O/c1-3-11-29(12-4-1)31-19-21-32(22-20-31)43-36-15-7-9-17-38(36)44(39-18-10-8-16-37(39)43)34-24-26-41-40(27-34)35-25-23-33(28-42(35)45-41)30-13-5-2-6-14-30/h1-28H/i1D,3D,4D,11D,12D. The summed E-state index contributed by atoms with van der Waals surface area (Å²) in [4.78, 5) is 0. The summed E-state index contributed by atoms with van der Waals surface area (Å²) in [5.41, 5.74) is 9.05. The van der Waals surface area contributed by atoms with E-state index in [1.165, 1.54) is 0 Å². The van der Waals surface area contributed by atoms with E-state index in [9.17, 15) is 0 Å². The Morgan fingerprint density at radius 2 is 0.867 bits per heavy atom. The maximum absolute atomic E-state index is 8.46. The molecule has 0 N–H and O–H groups in total. The summed E-state index contributed by atoms with van der Waals surface area (Å²) in [5.74, 6) is 0. The Bertz CT molecular complexity index is 2720. The van der Waals surface area contributed by atoms with Crippen LogP contribution in [-0.4, -0.2) is 0 Å². The summed E-state index contributed by atoms with van der Waals surface area (Å²) in [6, 6.07) is 46.3. The lowest BCUT2D eigenvalue weighted by atomic mass is 9.85. The Kier molecular flexibility index (Phi) is 4.81. The van der Waals surface area contributed by atoms with Gasteiger partial charge < -0.3 is 4.42 Å². The molecule has 9 aromatic rings. The first-order valence-electron chi connectivity index (χ1n) is 17.5. The average Bonchev–Trinajstić information content (AvgIpc) is 3.53. The van der Waals surface area contributed by atoms with Gasteiger partial charge in [0.2, 0.25) is 0 Å². The lowest BCUT2D eigenvalue weighted by molar-refractivity contribution is 0.669. The van der Waals surface area contributed by atoms with Crippen LogP contribution in [0.3, 0.4) is 0 Å². The van der Waals surface area contributed by atoms with Gasteiger partial charge in [-0.3, -0.25) is 0 Å². The molecule has 0 spiro atoms. The van der Waals surface area contributed by atoms with Crippen molar-refractivity contribution in [3.63, 3.8) is 0 Å². The van der Waals surface area contributed by atoms with Crippen molar-refractivity contribution >= 4 is 43.5 Å². The highest BCUT2D eigenvalue weighted by molar-refractivity contribution is 6.22. The van der Waals surface area contributed by atoms with E-state index in [2.05, 4.69) is 97.1 Å². The quantitative estimate of drug-likeness (QED) is 0.190. The van der Waals surface area contributed by atoms with E-state index < -0.39 is 6.04 Å². The monoisotopic (exact) mass is 577 g/mol. The van der Waals surface area contributed by atoms with Crippen LogP contribution < -0.4 is 0 Å². The molecule has 0 saturated heterocycles. The summed E-state index contributed by atoms with van der Waals surface area (Å²) >= 11 is 0. The van der Waals surface area contributed by atoms with Crippen molar-refractivity contribution in [1.29, 1.82) is 0 Å². The maximum Gasteiger partial charge on any atom is 0.136 e. The molecule has 0 radical (unpaired) electrons. The molecule has 0 bridgehead atoms. The summed E-state index contributed by atoms with van der Waals surface area (Å²) in [5, 5.41) is 6.58. The number of fused-ring (bicyclic) bond motifs is 5. The van der Waals surface area contributed by atoms with Crippen LogP contribution in [0.25, 0.3) is 88.0 Å². The van der Waals surface area contributed by atoms with Crippen LogP contribution in [0.1, 0.15) is 6.85 Å². The van der Waals surface area contributed by atoms with Gasteiger partial charge in [0.05, 0.1) is 6.85 Å². The smallest absolute Gasteiger partial charge is 0.136 e. The van der Waals surface area contributed by atoms with Gasteiger partial charge in [-0.2, -0.15) is 0 Å². The fraction of sp³-hybridized carbons (Fsp3) is 0. The zero-order valence-electron chi connectivity index (χ0n) is 29.2. The molecule has 0 amide bonds. The van der Waals surface area contributed by atoms with E-state index in [1.807, 2.05) is 42.5 Å². The van der Waals surface area contributed by atoms with E-state index in [-0.39, 0.29) is 29.7 Å². The Hall–Kier alpha value is -5.92. The fourth-order valence-electron chi connectivity index (χ4n) is 6.69. The van der Waals surface area contributed by atoms with Crippen molar-refractivity contribution in [3.8, 4) is 44.5 Å². The van der Waals surface area contributed by atoms with Crippen molar-refractivity contribution in [2.45, 2.75) is 0 Å². The molecule has 0 aliphatic rings. The van der Waals surface area contributed by atoms with E-state index >= 15 is 0 Å². The predicted octanol–water partition coefficient (Wildman–Crippen LogP) is 12.6. The van der Waals surface area contributed by atoms with Crippen molar-refractivity contribution in [2.24, 2.45) is 0 Å². The third-order valence-corrected chi connectivity index (χ3v) is 8.76. The first-order chi connectivity index (χ1) is 24.4. The Morgan fingerprint density at radius 1 is 0.333 bits per heavy atom. The largest absolute Gasteiger partial charge is 0.456 e. The second-order valence-corrected chi connectivity index (χ2v) is 11.3. The first-order valence-corrected chi connectivity index (χ1v) is 15.0. The summed E-state index contributed by atoms with van der Waals surface area (Å²) in [6.45, 7) is 0. The molecule has 210 valence electrons. The number of benzene rings is 8. The molecule has 0 aliphatic carbocycles. The second kappa shape index (κ2) is 10.4. The third kappa shape index (κ3) is 4.24. The lowest BCUT2D eigenvalue weighted by Crippen LogP contribution is -1.91. The average molecular weight is 578 g/mol. The van der Waals surface area contributed by atoms with Gasteiger partial charge in [0.25, 0.3) is 0 Å². The van der Waals surface area contributed by atoms with Crippen LogP contribution in [0.2, 0.25) is 0 Å². The maximum atomic E-state index is 8.46. The minimum absolute atomic E-state index is 0.200. The Balaban J connectivity index is 1.22. The number of hydrogen-bond acceptors (Lipinski definition) is 1. The van der Waals surface area contributed by atoms with Crippen LogP contribution in [-0.2, 0) is 0 Å². The van der Waals surface area contributed by atoms with Gasteiger partial charge in [0, 0.05) is 10.8 Å². The molecule has 0 saturated carbocycles. The zero-order chi connectivity index (χ0) is 34.1. The molecule has 1 nitrogen and oxygen atoms in total. The van der Waals surface area contributed by atoms with Crippen LogP contribution in [0.15, 0.2) is 174 Å². The van der Waals surface area contributed by atoms with Crippen molar-refractivity contribution < 1.29 is 11.3 Å². The highest BCUT2D eigenvalue weighted by Gasteiger charge is 2.18. The van der Waals surface area contributed by atoms with Crippen LogP contribution >= 0.6 is 0 Å². The summed E-state index contributed by atoms with van der Waals surface area (Å²) < 4.78 is 47.6. The van der Waals surface area contributed by atoms with E-state index in [1.54, 1.807) is 0 Å². The fourth-order valence-corrected chi connectivity index (χ4v) is 6.69. The molecule has 0 unspecified atom stereocenters. The topological polar surface area (TPSA) is 13.1 Å². The van der Waals surface area contributed by atoms with Crippen molar-refractivity contribution in [2.75, 3.05) is 0 Å². The minimum atomic E-state index is -0.393. The van der Waals surface area contributed by atoms with Crippen molar-refractivity contribution in [1.82, 2.24) is 0 Å². The molecule has 8 aromatic carbocycles. The molecule has 1 heteroatoms. The molecule has 1 aromatic heterocycles. The minimum Gasteiger partial charge on any atom is -0.456 e. The van der Waals surface area contributed by atoms with Gasteiger partial charge in [0.15, 0.2) is 0 Å². The highest BCUT2D eigenvalue weighted by Crippen LogP contribution is 2.45.